The molecule has 0 spiro atoms. The number of benzene rings is 3. The predicted octanol–water partition coefficient (Wildman–Crippen LogP) is 4.66. The molecule has 0 radical (unpaired) electrons. The molecule has 4 aromatic rings. The molecule has 142 valence electrons. The summed E-state index contributed by atoms with van der Waals surface area (Å²) in [6, 6.07) is 21.8. The second-order valence-corrected chi connectivity index (χ2v) is 6.52. The van der Waals surface area contributed by atoms with Gasteiger partial charge in [-0.1, -0.05) is 24.3 Å². The molecule has 5 heteroatoms. The third-order valence-corrected chi connectivity index (χ3v) is 4.71. The molecule has 0 saturated heterocycles. The number of methoxy groups -OCH3 is 2. The Kier molecular flexibility index (Phi) is 4.89. The molecule has 3 aromatic carbocycles. The Balaban J connectivity index is 1.72. The van der Waals surface area contributed by atoms with Crippen LogP contribution in [0.4, 0.5) is 0 Å². The summed E-state index contributed by atoms with van der Waals surface area (Å²) in [6.07, 6.45) is 0. The highest BCUT2D eigenvalue weighted by molar-refractivity contribution is 5.83. The zero-order chi connectivity index (χ0) is 19.5. The maximum atomic E-state index is 6.20. The van der Waals surface area contributed by atoms with Gasteiger partial charge in [0.2, 0.25) is 0 Å². The Morgan fingerprint density at radius 2 is 1.46 bits per heavy atom. The molecule has 0 amide bonds. The fraction of sp³-hybridized carbons (Fsp3) is 0.174. The van der Waals surface area contributed by atoms with Gasteiger partial charge in [0, 0.05) is 5.56 Å². The first kappa shape index (κ1) is 17.9. The van der Waals surface area contributed by atoms with E-state index in [0.29, 0.717) is 6.61 Å². The van der Waals surface area contributed by atoms with Crippen molar-refractivity contribution in [1.29, 1.82) is 0 Å². The SMILES string of the molecule is COc1ccc(COn2c(-c3ccc(OC)cc3)nc3c(C)cccc32)cc1. The van der Waals surface area contributed by atoms with Crippen LogP contribution in [0, 0.1) is 6.92 Å². The standard InChI is InChI=1S/C23H22N2O3/c1-16-5-4-6-21-22(16)24-23(18-9-13-20(27-3)14-10-18)25(21)28-15-17-7-11-19(26-2)12-8-17/h4-14H,15H2,1-3H3. The van der Waals surface area contributed by atoms with Crippen molar-refractivity contribution in [2.75, 3.05) is 14.2 Å². The van der Waals surface area contributed by atoms with E-state index in [1.165, 1.54) is 0 Å². The normalized spacial score (nSPS) is 10.8. The van der Waals surface area contributed by atoms with Crippen molar-refractivity contribution >= 4 is 11.0 Å². The minimum Gasteiger partial charge on any atom is -0.497 e. The Labute approximate surface area is 164 Å². The van der Waals surface area contributed by atoms with Gasteiger partial charge < -0.3 is 14.3 Å². The summed E-state index contributed by atoms with van der Waals surface area (Å²) in [4.78, 5) is 11.1. The number of imidazole rings is 1. The largest absolute Gasteiger partial charge is 0.497 e. The average molecular weight is 374 g/mol. The second-order valence-electron chi connectivity index (χ2n) is 6.52. The van der Waals surface area contributed by atoms with Crippen LogP contribution in [0.25, 0.3) is 22.4 Å². The van der Waals surface area contributed by atoms with Gasteiger partial charge in [0.1, 0.15) is 23.6 Å². The van der Waals surface area contributed by atoms with Gasteiger partial charge in [-0.15, -0.1) is 0 Å². The first-order valence-electron chi connectivity index (χ1n) is 9.08. The molecular weight excluding hydrogens is 352 g/mol. The number of rotatable bonds is 6. The lowest BCUT2D eigenvalue weighted by molar-refractivity contribution is 0.110. The van der Waals surface area contributed by atoms with Gasteiger partial charge in [-0.05, 0) is 60.5 Å². The number of para-hydroxylation sites is 1. The summed E-state index contributed by atoms with van der Waals surface area (Å²) in [5, 5.41) is 0. The van der Waals surface area contributed by atoms with E-state index in [2.05, 4.69) is 13.0 Å². The Morgan fingerprint density at radius 1 is 0.821 bits per heavy atom. The molecule has 4 rings (SSSR count). The van der Waals surface area contributed by atoms with Crippen molar-refractivity contribution in [1.82, 2.24) is 9.71 Å². The number of ether oxygens (including phenoxy) is 2. The van der Waals surface area contributed by atoms with Gasteiger partial charge in [0.05, 0.1) is 19.7 Å². The van der Waals surface area contributed by atoms with E-state index >= 15 is 0 Å². The van der Waals surface area contributed by atoms with Crippen LogP contribution in [-0.2, 0) is 6.61 Å². The Bertz CT molecular complexity index is 1080. The summed E-state index contributed by atoms with van der Waals surface area (Å²) >= 11 is 0. The highest BCUT2D eigenvalue weighted by Crippen LogP contribution is 2.27. The number of hydrogen-bond acceptors (Lipinski definition) is 4. The minimum absolute atomic E-state index is 0.423. The van der Waals surface area contributed by atoms with E-state index in [0.717, 1.165) is 45.0 Å². The van der Waals surface area contributed by atoms with Crippen LogP contribution in [0.2, 0.25) is 0 Å². The summed E-state index contributed by atoms with van der Waals surface area (Å²) in [5.41, 5.74) is 5.00. The molecule has 0 aliphatic carbocycles. The summed E-state index contributed by atoms with van der Waals surface area (Å²) in [7, 11) is 3.32. The van der Waals surface area contributed by atoms with Crippen LogP contribution in [-0.4, -0.2) is 23.9 Å². The van der Waals surface area contributed by atoms with Crippen molar-refractivity contribution in [3.8, 4) is 22.9 Å². The number of aryl methyl sites for hydroxylation is 1. The third-order valence-electron chi connectivity index (χ3n) is 4.71. The van der Waals surface area contributed by atoms with Gasteiger partial charge in [-0.2, -0.15) is 4.73 Å². The van der Waals surface area contributed by atoms with Crippen LogP contribution in [0.15, 0.2) is 66.7 Å². The van der Waals surface area contributed by atoms with Crippen molar-refractivity contribution in [3.05, 3.63) is 77.9 Å². The molecule has 0 aliphatic heterocycles. The van der Waals surface area contributed by atoms with E-state index in [1.807, 2.05) is 65.4 Å². The summed E-state index contributed by atoms with van der Waals surface area (Å²) in [6.45, 7) is 2.48. The molecule has 0 saturated carbocycles. The van der Waals surface area contributed by atoms with Crippen molar-refractivity contribution in [3.63, 3.8) is 0 Å². The molecule has 0 aliphatic rings. The zero-order valence-electron chi connectivity index (χ0n) is 16.2. The molecular formula is C23H22N2O3. The lowest BCUT2D eigenvalue weighted by Crippen LogP contribution is -2.12. The monoisotopic (exact) mass is 374 g/mol. The first-order chi connectivity index (χ1) is 13.7. The van der Waals surface area contributed by atoms with Crippen molar-refractivity contribution in [2.45, 2.75) is 13.5 Å². The topological polar surface area (TPSA) is 45.5 Å². The fourth-order valence-corrected chi connectivity index (χ4v) is 3.13. The maximum Gasteiger partial charge on any atom is 0.176 e. The van der Waals surface area contributed by atoms with Crippen LogP contribution in [0.5, 0.6) is 11.5 Å². The van der Waals surface area contributed by atoms with Crippen molar-refractivity contribution < 1.29 is 14.3 Å². The van der Waals surface area contributed by atoms with Gasteiger partial charge in [0.15, 0.2) is 5.82 Å². The first-order valence-corrected chi connectivity index (χ1v) is 9.08. The molecule has 0 atom stereocenters. The maximum absolute atomic E-state index is 6.20. The van der Waals surface area contributed by atoms with Gasteiger partial charge in [0.25, 0.3) is 0 Å². The molecule has 0 unspecified atom stereocenters. The number of nitrogens with zero attached hydrogens (tertiary/aromatic N) is 2. The van der Waals surface area contributed by atoms with Crippen LogP contribution < -0.4 is 14.3 Å². The number of aromatic nitrogens is 2. The summed E-state index contributed by atoms with van der Waals surface area (Å²) < 4.78 is 12.3. The molecule has 0 fully saturated rings. The quantitative estimate of drug-likeness (QED) is 0.492. The van der Waals surface area contributed by atoms with Gasteiger partial charge in [-0.3, -0.25) is 0 Å². The smallest absolute Gasteiger partial charge is 0.176 e. The van der Waals surface area contributed by atoms with Crippen molar-refractivity contribution in [2.24, 2.45) is 0 Å². The molecule has 0 N–H and O–H groups in total. The van der Waals surface area contributed by atoms with Crippen LogP contribution >= 0.6 is 0 Å². The van der Waals surface area contributed by atoms with Crippen LogP contribution in [0.1, 0.15) is 11.1 Å². The number of fused-ring (bicyclic) bond motifs is 1. The molecule has 1 heterocycles. The van der Waals surface area contributed by atoms with E-state index in [9.17, 15) is 0 Å². The molecule has 5 nitrogen and oxygen atoms in total. The minimum atomic E-state index is 0.423. The third kappa shape index (κ3) is 3.39. The van der Waals surface area contributed by atoms with E-state index in [4.69, 9.17) is 19.3 Å². The lowest BCUT2D eigenvalue weighted by atomic mass is 10.2. The van der Waals surface area contributed by atoms with Crippen LogP contribution in [0.3, 0.4) is 0 Å². The lowest BCUT2D eigenvalue weighted by Gasteiger charge is -2.12. The number of hydrogen-bond donors (Lipinski definition) is 0. The Hall–Kier alpha value is -3.47. The molecule has 1 aromatic heterocycles. The van der Waals surface area contributed by atoms with E-state index in [1.54, 1.807) is 14.2 Å². The average Bonchev–Trinajstić information content (AvgIpc) is 3.12. The fourth-order valence-electron chi connectivity index (χ4n) is 3.13. The highest BCUT2D eigenvalue weighted by atomic mass is 16.7. The van der Waals surface area contributed by atoms with Gasteiger partial charge in [-0.25, -0.2) is 4.98 Å². The summed E-state index contributed by atoms with van der Waals surface area (Å²) in [5.74, 6) is 2.40. The zero-order valence-corrected chi connectivity index (χ0v) is 16.2. The molecule has 28 heavy (non-hydrogen) atoms. The second kappa shape index (κ2) is 7.64. The molecule has 0 bridgehead atoms. The van der Waals surface area contributed by atoms with E-state index in [-0.39, 0.29) is 0 Å². The van der Waals surface area contributed by atoms with Gasteiger partial charge >= 0.3 is 0 Å². The highest BCUT2D eigenvalue weighted by Gasteiger charge is 2.15. The van der Waals surface area contributed by atoms with E-state index < -0.39 is 0 Å². The predicted molar refractivity (Wildman–Crippen MR) is 110 cm³/mol. The Morgan fingerprint density at radius 3 is 2.11 bits per heavy atom.